The number of aromatic nitrogens is 2. The van der Waals surface area contributed by atoms with Crippen LogP contribution < -0.4 is 15.1 Å². The van der Waals surface area contributed by atoms with E-state index < -0.39 is 5.60 Å². The van der Waals surface area contributed by atoms with E-state index in [0.717, 1.165) is 44.7 Å². The monoisotopic (exact) mass is 411 g/mol. The number of aliphatic hydroxyl groups is 1. The van der Waals surface area contributed by atoms with Gasteiger partial charge in [0.05, 0.1) is 18.8 Å². The predicted molar refractivity (Wildman–Crippen MR) is 115 cm³/mol. The van der Waals surface area contributed by atoms with Crippen molar-refractivity contribution in [2.24, 2.45) is 0 Å². The highest BCUT2D eigenvalue weighted by Crippen LogP contribution is 2.34. The van der Waals surface area contributed by atoms with Crippen LogP contribution in [0.3, 0.4) is 0 Å². The van der Waals surface area contributed by atoms with Crippen LogP contribution in [0.25, 0.3) is 0 Å². The third kappa shape index (κ3) is 5.25. The van der Waals surface area contributed by atoms with Crippen molar-refractivity contribution >= 4 is 17.7 Å². The molecule has 2 aromatic rings. The van der Waals surface area contributed by atoms with E-state index >= 15 is 0 Å². The Morgan fingerprint density at radius 3 is 2.67 bits per heavy atom. The van der Waals surface area contributed by atoms with E-state index in [-0.39, 0.29) is 12.5 Å². The van der Waals surface area contributed by atoms with Crippen molar-refractivity contribution in [3.05, 3.63) is 47.7 Å². The Morgan fingerprint density at radius 1 is 1.23 bits per heavy atom. The normalized spacial score (nSPS) is 17.5. The third-order valence-corrected chi connectivity index (χ3v) is 5.59. The van der Waals surface area contributed by atoms with Gasteiger partial charge in [0.15, 0.2) is 0 Å². The van der Waals surface area contributed by atoms with Gasteiger partial charge in [-0.25, -0.2) is 4.98 Å². The van der Waals surface area contributed by atoms with Crippen molar-refractivity contribution in [3.63, 3.8) is 0 Å². The minimum atomic E-state index is -0.745. The summed E-state index contributed by atoms with van der Waals surface area (Å²) in [5, 5.41) is 12.8. The Hall–Kier alpha value is -2.71. The Kier molecular flexibility index (Phi) is 6.15. The molecule has 30 heavy (non-hydrogen) atoms. The maximum atomic E-state index is 12.7. The van der Waals surface area contributed by atoms with E-state index in [9.17, 15) is 9.90 Å². The van der Waals surface area contributed by atoms with E-state index in [2.05, 4.69) is 27.3 Å². The largest absolute Gasteiger partial charge is 0.388 e. The average Bonchev–Trinajstić information content (AvgIpc) is 3.54. The SMILES string of the molecule is CN(CCc1ccccc1)c1nc(C(=O)NCC2(O)CC2)cc(N2CCOCC2)n1. The van der Waals surface area contributed by atoms with Crippen LogP contribution in [-0.2, 0) is 11.2 Å². The molecule has 0 atom stereocenters. The van der Waals surface area contributed by atoms with Crippen molar-refractivity contribution in [3.8, 4) is 0 Å². The molecule has 8 nitrogen and oxygen atoms in total. The lowest BCUT2D eigenvalue weighted by molar-refractivity contribution is 0.0891. The summed E-state index contributed by atoms with van der Waals surface area (Å²) in [6.45, 7) is 3.71. The van der Waals surface area contributed by atoms with Gasteiger partial charge in [0.2, 0.25) is 5.95 Å². The smallest absolute Gasteiger partial charge is 0.270 e. The zero-order valence-corrected chi connectivity index (χ0v) is 17.4. The molecule has 0 bridgehead atoms. The molecule has 0 unspecified atom stereocenters. The van der Waals surface area contributed by atoms with Gasteiger partial charge in [-0.05, 0) is 24.8 Å². The van der Waals surface area contributed by atoms with Gasteiger partial charge in [0.1, 0.15) is 11.5 Å². The molecule has 1 saturated carbocycles. The molecule has 0 spiro atoms. The highest BCUT2D eigenvalue weighted by Gasteiger charge is 2.40. The average molecular weight is 412 g/mol. The van der Waals surface area contributed by atoms with Crippen LogP contribution in [0.5, 0.6) is 0 Å². The van der Waals surface area contributed by atoms with Gasteiger partial charge >= 0.3 is 0 Å². The summed E-state index contributed by atoms with van der Waals surface area (Å²) in [5.41, 5.74) is 0.812. The van der Waals surface area contributed by atoms with Gasteiger partial charge in [-0.15, -0.1) is 0 Å². The number of nitrogens with zero attached hydrogens (tertiary/aromatic N) is 4. The van der Waals surface area contributed by atoms with Gasteiger partial charge in [-0.1, -0.05) is 30.3 Å². The molecule has 1 aromatic heterocycles. The number of rotatable bonds is 8. The fourth-order valence-electron chi connectivity index (χ4n) is 3.36. The summed E-state index contributed by atoms with van der Waals surface area (Å²) >= 11 is 0. The molecule has 1 amide bonds. The van der Waals surface area contributed by atoms with E-state index in [1.165, 1.54) is 5.56 Å². The Bertz CT molecular complexity index is 866. The van der Waals surface area contributed by atoms with Gasteiger partial charge in [-0.2, -0.15) is 4.98 Å². The van der Waals surface area contributed by atoms with Crippen molar-refractivity contribution in [1.82, 2.24) is 15.3 Å². The molecule has 1 aliphatic heterocycles. The number of amides is 1. The van der Waals surface area contributed by atoms with E-state index in [0.29, 0.717) is 24.9 Å². The van der Waals surface area contributed by atoms with E-state index in [4.69, 9.17) is 9.72 Å². The number of carbonyl (C=O) groups is 1. The second-order valence-corrected chi connectivity index (χ2v) is 8.07. The van der Waals surface area contributed by atoms with Gasteiger partial charge in [-0.3, -0.25) is 4.79 Å². The number of likely N-dealkylation sites (N-methyl/N-ethyl adjacent to an activating group) is 1. The summed E-state index contributed by atoms with van der Waals surface area (Å²) < 4.78 is 5.44. The molecule has 1 aromatic carbocycles. The first-order chi connectivity index (χ1) is 14.5. The molecule has 2 fully saturated rings. The molecular formula is C22H29N5O3. The molecule has 1 saturated heterocycles. The maximum Gasteiger partial charge on any atom is 0.270 e. The topological polar surface area (TPSA) is 90.8 Å². The predicted octanol–water partition coefficient (Wildman–Crippen LogP) is 1.25. The minimum absolute atomic E-state index is 0.252. The fraction of sp³-hybridized carbons (Fsp3) is 0.500. The van der Waals surface area contributed by atoms with Crippen LogP contribution in [0.4, 0.5) is 11.8 Å². The maximum absolute atomic E-state index is 12.7. The Morgan fingerprint density at radius 2 is 1.97 bits per heavy atom. The van der Waals surface area contributed by atoms with E-state index in [1.807, 2.05) is 30.1 Å². The number of carbonyl (C=O) groups excluding carboxylic acids is 1. The zero-order chi connectivity index (χ0) is 21.0. The highest BCUT2D eigenvalue weighted by molar-refractivity contribution is 5.93. The lowest BCUT2D eigenvalue weighted by Gasteiger charge is -2.29. The number of nitrogens with one attached hydrogen (secondary N) is 1. The first-order valence-corrected chi connectivity index (χ1v) is 10.5. The molecule has 2 heterocycles. The van der Waals surface area contributed by atoms with E-state index in [1.54, 1.807) is 6.07 Å². The lowest BCUT2D eigenvalue weighted by atomic mass is 10.1. The molecule has 1 aliphatic carbocycles. The minimum Gasteiger partial charge on any atom is -0.388 e. The lowest BCUT2D eigenvalue weighted by Crippen LogP contribution is -2.38. The van der Waals surface area contributed by atoms with Crippen LogP contribution in [0.15, 0.2) is 36.4 Å². The van der Waals surface area contributed by atoms with Crippen LogP contribution in [0.2, 0.25) is 0 Å². The molecule has 0 radical (unpaired) electrons. The number of anilines is 2. The fourth-order valence-corrected chi connectivity index (χ4v) is 3.36. The molecule has 2 aliphatic rings. The number of morpholine rings is 1. The standard InChI is InChI=1S/C22H29N5O3/c1-26(10-7-17-5-3-2-4-6-17)21-24-18(20(28)23-16-22(29)8-9-22)15-19(25-21)27-11-13-30-14-12-27/h2-6,15,29H,7-14,16H2,1H3,(H,23,28). The summed E-state index contributed by atoms with van der Waals surface area (Å²) in [6, 6.07) is 12.0. The Balaban J connectivity index is 1.51. The molecule has 8 heteroatoms. The number of hydrogen-bond donors (Lipinski definition) is 2. The van der Waals surface area contributed by atoms with Crippen molar-refractivity contribution in [2.75, 3.05) is 56.2 Å². The van der Waals surface area contributed by atoms with Gasteiger partial charge in [0, 0.05) is 39.3 Å². The number of benzene rings is 1. The molecule has 2 N–H and O–H groups in total. The van der Waals surface area contributed by atoms with Crippen LogP contribution in [0.1, 0.15) is 28.9 Å². The quantitative estimate of drug-likeness (QED) is 0.676. The summed E-state index contributed by atoms with van der Waals surface area (Å²) in [5.74, 6) is 0.959. The van der Waals surface area contributed by atoms with Gasteiger partial charge < -0.3 is 25.0 Å². The number of hydrogen-bond acceptors (Lipinski definition) is 7. The molecule has 4 rings (SSSR count). The second-order valence-electron chi connectivity index (χ2n) is 8.07. The summed E-state index contributed by atoms with van der Waals surface area (Å²) in [7, 11) is 1.94. The third-order valence-electron chi connectivity index (χ3n) is 5.59. The number of ether oxygens (including phenoxy) is 1. The van der Waals surface area contributed by atoms with Gasteiger partial charge in [0.25, 0.3) is 5.91 Å². The highest BCUT2D eigenvalue weighted by atomic mass is 16.5. The Labute approximate surface area is 176 Å². The van der Waals surface area contributed by atoms with Crippen LogP contribution >= 0.6 is 0 Å². The molecular weight excluding hydrogens is 382 g/mol. The first kappa shape index (κ1) is 20.6. The van der Waals surface area contributed by atoms with Crippen LogP contribution in [0, 0.1) is 0 Å². The second kappa shape index (κ2) is 8.97. The molecule has 160 valence electrons. The van der Waals surface area contributed by atoms with Crippen LogP contribution in [-0.4, -0.2) is 73.0 Å². The van der Waals surface area contributed by atoms with Crippen molar-refractivity contribution in [2.45, 2.75) is 24.9 Å². The first-order valence-electron chi connectivity index (χ1n) is 10.5. The zero-order valence-electron chi connectivity index (χ0n) is 17.4. The summed E-state index contributed by atoms with van der Waals surface area (Å²) in [4.78, 5) is 26.1. The van der Waals surface area contributed by atoms with Crippen molar-refractivity contribution < 1.29 is 14.6 Å². The van der Waals surface area contributed by atoms with Crippen molar-refractivity contribution in [1.29, 1.82) is 0 Å². The summed E-state index contributed by atoms with van der Waals surface area (Å²) in [6.07, 6.45) is 2.31.